The van der Waals surface area contributed by atoms with Crippen LogP contribution in [0.4, 0.5) is 0 Å². The first-order valence-corrected chi connectivity index (χ1v) is 0.408. The van der Waals surface area contributed by atoms with Gasteiger partial charge in [0.2, 0.25) is 0 Å². The van der Waals surface area contributed by atoms with Crippen LogP contribution in [-0.2, 0) is 0 Å². The molecule has 5 heavy (non-hydrogen) atoms. The van der Waals surface area contributed by atoms with Gasteiger partial charge in [0.15, 0.2) is 0 Å². The molecule has 0 fully saturated rings. The molecule has 5 heteroatoms. The molecule has 0 spiro atoms. The van der Waals surface area contributed by atoms with E-state index >= 15 is 0 Å². The van der Waals surface area contributed by atoms with Gasteiger partial charge in [-0.2, -0.15) is 0 Å². The quantitative estimate of drug-likeness (QED) is 0.206. The molecule has 0 rings (SSSR count). The molecule has 0 aromatic heterocycles. The Morgan fingerprint density at radius 1 is 1.60 bits per heavy atom. The average Bonchev–Trinajstić information content (AvgIpc) is 0.918. The van der Waals surface area contributed by atoms with Gasteiger partial charge in [0.25, 0.3) is 0 Å². The van der Waals surface area contributed by atoms with Crippen LogP contribution >= 0.6 is 0 Å². The Kier molecular flexibility index (Phi) is 52.3. The molecule has 0 saturated carbocycles. The molecule has 0 aliphatic rings. The minimum absolute atomic E-state index is 0. The standard InChI is InChI=1S/K.HNO2.Na.2H/c;2-1-3;;;/h;1H;;;. The minimum atomic E-state index is 0. The third kappa shape index (κ3) is 23.7. The Morgan fingerprint density at radius 2 is 1.60 bits per heavy atom. The fourth-order valence-corrected chi connectivity index (χ4v) is 0. The van der Waals surface area contributed by atoms with Crippen LogP contribution in [0.15, 0.2) is 0 Å². The van der Waals surface area contributed by atoms with Crippen molar-refractivity contribution < 1.29 is 5.34 Å². The summed E-state index contributed by atoms with van der Waals surface area (Å²) in [7, 11) is 0. The SMILES string of the molecule is O=[NH+][O-].[KH].[NaH]. The zero-order valence-corrected chi connectivity index (χ0v) is 1.32. The summed E-state index contributed by atoms with van der Waals surface area (Å²) in [5, 5.41) is 8.38. The summed E-state index contributed by atoms with van der Waals surface area (Å²) in [4.78, 5) is 8.12. The Hall–Kier alpha value is 2.04. The van der Waals surface area contributed by atoms with Crippen LogP contribution in [0, 0.1) is 10.1 Å². The van der Waals surface area contributed by atoms with Crippen LogP contribution < -0.4 is 5.34 Å². The Labute approximate surface area is 94.2 Å². The Bertz CT molecular complexity index is 17.1. The van der Waals surface area contributed by atoms with Crippen molar-refractivity contribution in [1.29, 1.82) is 0 Å². The van der Waals surface area contributed by atoms with Crippen molar-refractivity contribution in [3.05, 3.63) is 10.1 Å². The van der Waals surface area contributed by atoms with Crippen molar-refractivity contribution >= 4 is 80.9 Å². The van der Waals surface area contributed by atoms with E-state index in [1.54, 1.807) is 0 Å². The van der Waals surface area contributed by atoms with Crippen molar-refractivity contribution in [2.75, 3.05) is 0 Å². The first-order valence-electron chi connectivity index (χ1n) is 0.408. The Balaban J connectivity index is -0.0000000200. The van der Waals surface area contributed by atoms with Gasteiger partial charge in [-0.1, -0.05) is 0 Å². The molecule has 0 aromatic carbocycles. The van der Waals surface area contributed by atoms with E-state index in [2.05, 4.69) is 0 Å². The van der Waals surface area contributed by atoms with Gasteiger partial charge in [-0.05, 0) is 0 Å². The third-order valence-electron chi connectivity index (χ3n) is 0. The summed E-state index contributed by atoms with van der Waals surface area (Å²) in [6.07, 6.45) is 0. The molecule has 0 saturated heterocycles. The zero-order valence-electron chi connectivity index (χ0n) is 1.32. The molecule has 0 heterocycles. The van der Waals surface area contributed by atoms with Crippen molar-refractivity contribution in [1.82, 2.24) is 0 Å². The van der Waals surface area contributed by atoms with Gasteiger partial charge < -0.3 is 0 Å². The van der Waals surface area contributed by atoms with Gasteiger partial charge in [0.05, 0.1) is 0 Å². The van der Waals surface area contributed by atoms with Crippen LogP contribution in [0.3, 0.4) is 0 Å². The second-order valence-corrected chi connectivity index (χ2v) is 0.0833. The van der Waals surface area contributed by atoms with E-state index < -0.39 is 0 Å². The number of hydrogen-bond acceptors (Lipinski definition) is 2. The van der Waals surface area contributed by atoms with E-state index in [4.69, 9.17) is 10.1 Å². The fraction of sp³-hybridized carbons (Fsp3) is 0. The predicted molar refractivity (Wildman–Crippen MR) is 22.0 cm³/mol. The summed E-state index contributed by atoms with van der Waals surface area (Å²) in [5.41, 5.74) is 0. The van der Waals surface area contributed by atoms with Gasteiger partial charge in [0.1, 0.15) is 0 Å². The second-order valence-electron chi connectivity index (χ2n) is 0.0833. The van der Waals surface area contributed by atoms with E-state index in [1.165, 1.54) is 0 Å². The molecule has 3 nitrogen and oxygen atoms in total. The molecule has 1 N–H and O–H groups in total. The molecule has 0 bridgehead atoms. The molecule has 0 unspecified atom stereocenters. The van der Waals surface area contributed by atoms with E-state index in [9.17, 15) is 0 Å². The van der Waals surface area contributed by atoms with Crippen LogP contribution in [0.2, 0.25) is 0 Å². The molecule has 0 aromatic rings. The summed E-state index contributed by atoms with van der Waals surface area (Å²) in [6, 6.07) is 0. The molecular weight excluding hydrogens is 108 g/mol. The second kappa shape index (κ2) is 16.6. The molecule has 0 radical (unpaired) electrons. The number of rotatable bonds is 0. The number of hydrogen-bond donors (Lipinski definition) is 1. The van der Waals surface area contributed by atoms with Crippen LogP contribution in [-0.4, -0.2) is 80.9 Å². The first kappa shape index (κ1) is 15.7. The average molecular weight is 111 g/mol. The maximum atomic E-state index is 8.12. The predicted octanol–water partition coefficient (Wildman–Crippen LogP) is -2.97. The fourth-order valence-electron chi connectivity index (χ4n) is 0. The van der Waals surface area contributed by atoms with Crippen molar-refractivity contribution in [2.45, 2.75) is 0 Å². The van der Waals surface area contributed by atoms with Gasteiger partial charge in [-0.3, -0.25) is 10.1 Å². The van der Waals surface area contributed by atoms with Gasteiger partial charge in [-0.25, -0.2) is 0 Å². The molecule has 0 aliphatic heterocycles. The summed E-state index contributed by atoms with van der Waals surface area (Å²) >= 11 is 0. The molecule has 0 aliphatic carbocycles. The molecule has 0 amide bonds. The van der Waals surface area contributed by atoms with Gasteiger partial charge in [0, 0.05) is 5.34 Å². The van der Waals surface area contributed by atoms with Crippen LogP contribution in [0.5, 0.6) is 0 Å². The van der Waals surface area contributed by atoms with E-state index in [1.807, 2.05) is 0 Å². The van der Waals surface area contributed by atoms with E-state index in [0.717, 1.165) is 0 Å². The summed E-state index contributed by atoms with van der Waals surface area (Å²) < 4.78 is 0. The topological polar surface area (TPSA) is 54.1 Å². The normalized spacial score (nSPS) is 2.40. The van der Waals surface area contributed by atoms with Crippen molar-refractivity contribution in [3.8, 4) is 0 Å². The molecular formula is H3KNNaO2. The summed E-state index contributed by atoms with van der Waals surface area (Å²) in [5.74, 6) is 0. The third-order valence-corrected chi connectivity index (χ3v) is 0. The maximum absolute atomic E-state index is 8.12. The van der Waals surface area contributed by atoms with Crippen molar-refractivity contribution in [3.63, 3.8) is 0 Å². The first-order chi connectivity index (χ1) is 1.41. The van der Waals surface area contributed by atoms with Crippen LogP contribution in [0.1, 0.15) is 0 Å². The zero-order chi connectivity index (χ0) is 2.71. The van der Waals surface area contributed by atoms with E-state index in [0.29, 0.717) is 0 Å². The van der Waals surface area contributed by atoms with Crippen molar-refractivity contribution in [2.24, 2.45) is 0 Å². The van der Waals surface area contributed by atoms with Gasteiger partial charge >= 0.3 is 80.9 Å². The molecule has 0 atom stereocenters. The molecule has 22 valence electrons. The van der Waals surface area contributed by atoms with Gasteiger partial charge in [-0.15, -0.1) is 0 Å². The van der Waals surface area contributed by atoms with Crippen LogP contribution in [0.25, 0.3) is 0 Å². The Morgan fingerprint density at radius 3 is 1.60 bits per heavy atom. The number of nitrogens with one attached hydrogen (secondary N) is 1. The summed E-state index contributed by atoms with van der Waals surface area (Å²) in [6.45, 7) is 0. The monoisotopic (exact) mass is 111 g/mol. The van der Waals surface area contributed by atoms with E-state index in [-0.39, 0.29) is 86.3 Å².